The van der Waals surface area contributed by atoms with Crippen LogP contribution in [0.15, 0.2) is 52.9 Å². The highest BCUT2D eigenvalue weighted by Crippen LogP contribution is 2.36. The minimum Gasteiger partial charge on any atom is -0.316 e. The number of hydrogen-bond donors (Lipinski definition) is 3. The average Bonchev–Trinajstić information content (AvgIpc) is 3.02. The fraction of sp³-hybridized carbons (Fsp3) is 0.250. The summed E-state index contributed by atoms with van der Waals surface area (Å²) in [6.07, 6.45) is 6.35. The lowest BCUT2D eigenvalue weighted by molar-refractivity contribution is 0.604. The van der Waals surface area contributed by atoms with Gasteiger partial charge < -0.3 is 10.0 Å². The largest absolute Gasteiger partial charge is 0.316 e. The van der Waals surface area contributed by atoms with Crippen LogP contribution in [0.5, 0.6) is 0 Å². The molecule has 0 aromatic heterocycles. The minimum atomic E-state index is -3.67. The van der Waals surface area contributed by atoms with Gasteiger partial charge in [0.05, 0.1) is 17.8 Å². The van der Waals surface area contributed by atoms with Crippen LogP contribution >= 0.6 is 24.5 Å². The van der Waals surface area contributed by atoms with Crippen molar-refractivity contribution in [2.45, 2.75) is 19.9 Å². The van der Waals surface area contributed by atoms with Crippen molar-refractivity contribution < 1.29 is 8.42 Å². The van der Waals surface area contributed by atoms with Gasteiger partial charge in [0.2, 0.25) is 0 Å². The smallest absolute Gasteiger partial charge is 0.264 e. The standard InChI is InChI=1S/C16H18N4O2S2.ClH/c1-11-5-7-20-15(10-18-23-20)16(11)24(21,22)19-14-3-2-12-4-6-17-9-13(12)8-14;/h2-3,5,7-8,10,17-19H,4,6,9H2,1H3;1H. The average molecular weight is 399 g/mol. The summed E-state index contributed by atoms with van der Waals surface area (Å²) in [6, 6.07) is 5.76. The van der Waals surface area contributed by atoms with E-state index in [9.17, 15) is 8.42 Å². The molecule has 134 valence electrons. The maximum atomic E-state index is 13.0. The van der Waals surface area contributed by atoms with Gasteiger partial charge in [-0.15, -0.1) is 12.4 Å². The van der Waals surface area contributed by atoms with Crippen molar-refractivity contribution in [1.82, 2.24) is 14.3 Å². The van der Waals surface area contributed by atoms with Crippen LogP contribution in [0, 0.1) is 0 Å². The molecular formula is C16H19ClN4O2S2. The van der Waals surface area contributed by atoms with E-state index in [-0.39, 0.29) is 12.4 Å². The summed E-state index contributed by atoms with van der Waals surface area (Å²) in [5.41, 5.74) is 4.38. The van der Waals surface area contributed by atoms with Gasteiger partial charge in [0.25, 0.3) is 10.0 Å². The molecule has 3 N–H and O–H groups in total. The minimum absolute atomic E-state index is 0. The molecule has 0 aliphatic carbocycles. The summed E-state index contributed by atoms with van der Waals surface area (Å²) in [5.74, 6) is 0. The maximum absolute atomic E-state index is 13.0. The summed E-state index contributed by atoms with van der Waals surface area (Å²) in [5, 5.41) is 3.31. The second-order valence-electron chi connectivity index (χ2n) is 5.91. The predicted octanol–water partition coefficient (Wildman–Crippen LogP) is 2.61. The highest BCUT2D eigenvalue weighted by atomic mass is 35.5. The van der Waals surface area contributed by atoms with Gasteiger partial charge in [-0.3, -0.25) is 9.03 Å². The van der Waals surface area contributed by atoms with Gasteiger partial charge in [-0.05, 0) is 54.8 Å². The van der Waals surface area contributed by atoms with Crippen LogP contribution in [0.4, 0.5) is 5.69 Å². The first-order valence-corrected chi connectivity index (χ1v) is 9.97. The zero-order valence-corrected chi connectivity index (χ0v) is 16.0. The molecule has 0 saturated heterocycles. The van der Waals surface area contributed by atoms with Crippen LogP contribution in [0.2, 0.25) is 0 Å². The lowest BCUT2D eigenvalue weighted by Crippen LogP contribution is -2.25. The fourth-order valence-corrected chi connectivity index (χ4v) is 5.25. The molecule has 6 nitrogen and oxygen atoms in total. The normalized spacial score (nSPS) is 18.8. The van der Waals surface area contributed by atoms with Crippen LogP contribution in [-0.2, 0) is 23.0 Å². The number of benzene rings is 1. The number of allylic oxidation sites excluding steroid dienone is 2. The molecule has 0 saturated carbocycles. The molecule has 0 atom stereocenters. The Kier molecular flexibility index (Phi) is 5.06. The molecule has 3 aliphatic rings. The molecule has 3 heterocycles. The summed E-state index contributed by atoms with van der Waals surface area (Å²) < 4.78 is 33.4. The molecule has 9 heteroatoms. The third kappa shape index (κ3) is 3.39. The van der Waals surface area contributed by atoms with Gasteiger partial charge in [-0.1, -0.05) is 6.07 Å². The van der Waals surface area contributed by atoms with Crippen molar-refractivity contribution in [1.29, 1.82) is 0 Å². The van der Waals surface area contributed by atoms with E-state index in [0.29, 0.717) is 21.9 Å². The Morgan fingerprint density at radius 2 is 2.12 bits per heavy atom. The Hall–Kier alpha value is -1.61. The van der Waals surface area contributed by atoms with Crippen molar-refractivity contribution in [2.75, 3.05) is 11.3 Å². The van der Waals surface area contributed by atoms with E-state index in [1.165, 1.54) is 17.7 Å². The molecule has 0 fully saturated rings. The van der Waals surface area contributed by atoms with Gasteiger partial charge in [0.1, 0.15) is 4.91 Å². The Bertz CT molecular complexity index is 893. The van der Waals surface area contributed by atoms with E-state index >= 15 is 0 Å². The quantitative estimate of drug-likeness (QED) is 0.680. The highest BCUT2D eigenvalue weighted by molar-refractivity contribution is 7.97. The maximum Gasteiger partial charge on any atom is 0.264 e. The molecule has 0 bridgehead atoms. The van der Waals surface area contributed by atoms with Crippen molar-refractivity contribution in [3.8, 4) is 0 Å². The number of fused-ring (bicyclic) bond motifs is 2. The van der Waals surface area contributed by atoms with Gasteiger partial charge in [-0.2, -0.15) is 0 Å². The van der Waals surface area contributed by atoms with E-state index < -0.39 is 10.0 Å². The number of nitrogens with zero attached hydrogens (tertiary/aromatic N) is 1. The summed E-state index contributed by atoms with van der Waals surface area (Å²) in [7, 11) is -3.67. The van der Waals surface area contributed by atoms with Crippen LogP contribution < -0.4 is 14.8 Å². The first kappa shape index (κ1) is 18.2. The molecule has 4 rings (SSSR count). The first-order valence-electron chi connectivity index (χ1n) is 7.71. The molecule has 0 radical (unpaired) electrons. The van der Waals surface area contributed by atoms with Gasteiger partial charge in [0.15, 0.2) is 0 Å². The number of nitrogens with one attached hydrogen (secondary N) is 3. The molecule has 0 spiro atoms. The molecule has 1 aromatic rings. The van der Waals surface area contributed by atoms with Crippen molar-refractivity contribution in [3.63, 3.8) is 0 Å². The second-order valence-corrected chi connectivity index (χ2v) is 8.34. The molecule has 25 heavy (non-hydrogen) atoms. The van der Waals surface area contributed by atoms with Gasteiger partial charge in [0, 0.05) is 24.6 Å². The Balaban J connectivity index is 0.00000182. The Labute approximate surface area is 158 Å². The summed E-state index contributed by atoms with van der Waals surface area (Å²) in [4.78, 5) is 0.304. The Morgan fingerprint density at radius 1 is 1.28 bits per heavy atom. The SMILES string of the molecule is CC1=C(S(=O)(=O)Nc2ccc3c(c2)CNCC3)C2=CNSN2C=C1.Cl. The van der Waals surface area contributed by atoms with Crippen LogP contribution in [-0.4, -0.2) is 19.3 Å². The number of sulfonamides is 1. The number of rotatable bonds is 3. The molecule has 0 unspecified atom stereocenters. The van der Waals surface area contributed by atoms with Crippen molar-refractivity contribution >= 4 is 40.3 Å². The third-order valence-electron chi connectivity index (χ3n) is 4.25. The zero-order chi connectivity index (χ0) is 16.7. The van der Waals surface area contributed by atoms with Gasteiger partial charge in [-0.25, -0.2) is 8.42 Å². The van der Waals surface area contributed by atoms with E-state index in [2.05, 4.69) is 14.8 Å². The first-order chi connectivity index (χ1) is 11.5. The van der Waals surface area contributed by atoms with Crippen LogP contribution in [0.1, 0.15) is 18.1 Å². The lowest BCUT2D eigenvalue weighted by Gasteiger charge is -2.23. The predicted molar refractivity (Wildman–Crippen MR) is 104 cm³/mol. The number of anilines is 1. The number of halogens is 1. The van der Waals surface area contributed by atoms with Crippen molar-refractivity contribution in [2.24, 2.45) is 0 Å². The van der Waals surface area contributed by atoms with Crippen LogP contribution in [0.25, 0.3) is 0 Å². The number of hydrogen-bond acceptors (Lipinski definition) is 6. The second kappa shape index (κ2) is 6.95. The molecular weight excluding hydrogens is 380 g/mol. The zero-order valence-electron chi connectivity index (χ0n) is 13.6. The van der Waals surface area contributed by atoms with E-state index in [1.54, 1.807) is 10.5 Å². The summed E-state index contributed by atoms with van der Waals surface area (Å²) >= 11 is 1.34. The third-order valence-corrected chi connectivity index (χ3v) is 6.56. The fourth-order valence-electron chi connectivity index (χ4n) is 3.09. The van der Waals surface area contributed by atoms with E-state index in [0.717, 1.165) is 25.1 Å². The molecule has 3 aliphatic heterocycles. The highest BCUT2D eigenvalue weighted by Gasteiger charge is 2.32. The molecule has 0 amide bonds. The Morgan fingerprint density at radius 3 is 2.96 bits per heavy atom. The summed E-state index contributed by atoms with van der Waals surface area (Å²) in [6.45, 7) is 3.54. The van der Waals surface area contributed by atoms with Crippen LogP contribution in [0.3, 0.4) is 0 Å². The van der Waals surface area contributed by atoms with Gasteiger partial charge >= 0.3 is 0 Å². The van der Waals surface area contributed by atoms with Crippen molar-refractivity contribution in [3.05, 3.63) is 64.0 Å². The van der Waals surface area contributed by atoms with E-state index in [4.69, 9.17) is 0 Å². The molecule has 1 aromatic carbocycles. The van der Waals surface area contributed by atoms with E-state index in [1.807, 2.05) is 37.4 Å². The topological polar surface area (TPSA) is 73.5 Å². The lowest BCUT2D eigenvalue weighted by atomic mass is 10.0. The monoisotopic (exact) mass is 398 g/mol.